The number of furan rings is 1. The maximum atomic E-state index is 5.97. The summed E-state index contributed by atoms with van der Waals surface area (Å²) >= 11 is 5.97. The van der Waals surface area contributed by atoms with Crippen LogP contribution in [0.5, 0.6) is 0 Å². The molecule has 0 aliphatic heterocycles. The van der Waals surface area contributed by atoms with Gasteiger partial charge in [-0.05, 0) is 24.3 Å². The molecule has 2 rings (SSSR count). The van der Waals surface area contributed by atoms with Gasteiger partial charge in [0.05, 0.1) is 6.54 Å². The van der Waals surface area contributed by atoms with Crippen LogP contribution in [-0.4, -0.2) is 6.54 Å². The number of nitrogens with two attached hydrogens (primary N) is 1. The van der Waals surface area contributed by atoms with Crippen molar-refractivity contribution >= 4 is 11.6 Å². The molecule has 1 heterocycles. The first-order chi connectivity index (χ1) is 8.65. The van der Waals surface area contributed by atoms with Gasteiger partial charge < -0.3 is 9.73 Å². The smallest absolute Gasteiger partial charge is 0.158 e. The largest absolute Gasteiger partial charge is 0.455 e. The maximum absolute atomic E-state index is 5.97. The lowest BCUT2D eigenvalue weighted by Crippen LogP contribution is -2.83. The Bertz CT molecular complexity index is 505. The Kier molecular flexibility index (Phi) is 4.45. The summed E-state index contributed by atoms with van der Waals surface area (Å²) in [6.07, 6.45) is 0. The zero-order valence-corrected chi connectivity index (χ0v) is 11.6. The van der Waals surface area contributed by atoms with Gasteiger partial charge in [-0.25, -0.2) is 0 Å². The minimum Gasteiger partial charge on any atom is -0.455 e. The highest BCUT2D eigenvalue weighted by atomic mass is 35.5. The third kappa shape index (κ3) is 3.62. The molecule has 2 aromatic rings. The molecular weight excluding hydrogens is 246 g/mol. The molecule has 1 aromatic carbocycles. The van der Waals surface area contributed by atoms with Crippen LogP contribution in [0.2, 0.25) is 5.02 Å². The zero-order chi connectivity index (χ0) is 13.0. The lowest BCUT2D eigenvalue weighted by Gasteiger charge is -2.02. The van der Waals surface area contributed by atoms with E-state index in [1.165, 1.54) is 0 Å². The van der Waals surface area contributed by atoms with Gasteiger partial charge in [0.15, 0.2) is 5.76 Å². The van der Waals surface area contributed by atoms with Gasteiger partial charge in [-0.1, -0.05) is 37.6 Å². The molecule has 2 N–H and O–H groups in total. The molecule has 0 bridgehead atoms. The molecule has 0 radical (unpaired) electrons. The van der Waals surface area contributed by atoms with Crippen LogP contribution in [0.25, 0.3) is 11.3 Å². The Morgan fingerprint density at radius 1 is 1.22 bits per heavy atom. The fourth-order valence-corrected chi connectivity index (χ4v) is 2.03. The summed E-state index contributed by atoms with van der Waals surface area (Å²) in [5.41, 5.74) is 1.03. The highest BCUT2D eigenvalue weighted by molar-refractivity contribution is 6.30. The summed E-state index contributed by atoms with van der Waals surface area (Å²) in [6, 6.07) is 11.8. The molecule has 18 heavy (non-hydrogen) atoms. The minimum atomic E-state index is 0.701. The van der Waals surface area contributed by atoms with E-state index in [1.807, 2.05) is 36.4 Å². The fourth-order valence-electron chi connectivity index (χ4n) is 1.84. The van der Waals surface area contributed by atoms with Crippen molar-refractivity contribution in [1.82, 2.24) is 0 Å². The van der Waals surface area contributed by atoms with Crippen LogP contribution in [0.3, 0.4) is 0 Å². The SMILES string of the molecule is CC(C)C[NH2+]Cc1ccc(-c2cccc(Cl)c2)o1. The standard InChI is InChI=1S/C15H18ClNO/c1-11(2)9-17-10-14-6-7-15(18-14)12-4-3-5-13(16)8-12/h3-8,11,17H,9-10H2,1-2H3/p+1. The first kappa shape index (κ1) is 13.2. The predicted octanol–water partition coefficient (Wildman–Crippen LogP) is 3.32. The van der Waals surface area contributed by atoms with Gasteiger partial charge in [-0.15, -0.1) is 0 Å². The van der Waals surface area contributed by atoms with E-state index in [0.717, 1.165) is 35.2 Å². The number of halogens is 1. The van der Waals surface area contributed by atoms with Gasteiger partial charge in [0.1, 0.15) is 12.3 Å². The van der Waals surface area contributed by atoms with E-state index in [9.17, 15) is 0 Å². The van der Waals surface area contributed by atoms with Gasteiger partial charge in [0.25, 0.3) is 0 Å². The van der Waals surface area contributed by atoms with Gasteiger partial charge in [0, 0.05) is 16.5 Å². The first-order valence-electron chi connectivity index (χ1n) is 6.31. The van der Waals surface area contributed by atoms with Gasteiger partial charge in [-0.3, -0.25) is 0 Å². The van der Waals surface area contributed by atoms with Crippen LogP contribution < -0.4 is 5.32 Å². The van der Waals surface area contributed by atoms with Crippen molar-refractivity contribution in [3.8, 4) is 11.3 Å². The number of hydrogen-bond acceptors (Lipinski definition) is 1. The highest BCUT2D eigenvalue weighted by Crippen LogP contribution is 2.24. The van der Waals surface area contributed by atoms with Crippen molar-refractivity contribution < 1.29 is 9.73 Å². The molecule has 0 aliphatic carbocycles. The summed E-state index contributed by atoms with van der Waals surface area (Å²) < 4.78 is 5.82. The van der Waals surface area contributed by atoms with E-state index in [4.69, 9.17) is 16.0 Å². The summed E-state index contributed by atoms with van der Waals surface area (Å²) in [7, 11) is 0. The topological polar surface area (TPSA) is 29.8 Å². The van der Waals surface area contributed by atoms with Crippen LogP contribution in [-0.2, 0) is 6.54 Å². The average Bonchev–Trinajstić information content (AvgIpc) is 2.77. The van der Waals surface area contributed by atoms with E-state index >= 15 is 0 Å². The molecule has 0 saturated heterocycles. The van der Waals surface area contributed by atoms with Crippen molar-refractivity contribution in [1.29, 1.82) is 0 Å². The summed E-state index contributed by atoms with van der Waals surface area (Å²) in [5.74, 6) is 2.59. The third-order valence-electron chi connectivity index (χ3n) is 2.75. The molecule has 0 aliphatic rings. The summed E-state index contributed by atoms with van der Waals surface area (Å²) in [4.78, 5) is 0. The average molecular weight is 265 g/mol. The third-order valence-corrected chi connectivity index (χ3v) is 2.99. The monoisotopic (exact) mass is 264 g/mol. The Balaban J connectivity index is 2.02. The van der Waals surface area contributed by atoms with Crippen LogP contribution in [0.4, 0.5) is 0 Å². The molecule has 0 spiro atoms. The van der Waals surface area contributed by atoms with Gasteiger partial charge >= 0.3 is 0 Å². The lowest BCUT2D eigenvalue weighted by molar-refractivity contribution is -0.676. The van der Waals surface area contributed by atoms with E-state index in [1.54, 1.807) is 0 Å². The van der Waals surface area contributed by atoms with E-state index in [2.05, 4.69) is 19.2 Å². The normalized spacial score (nSPS) is 11.1. The quantitative estimate of drug-likeness (QED) is 0.882. The zero-order valence-electron chi connectivity index (χ0n) is 10.8. The molecule has 1 aromatic heterocycles. The Morgan fingerprint density at radius 2 is 2.06 bits per heavy atom. The van der Waals surface area contributed by atoms with Crippen molar-refractivity contribution in [2.75, 3.05) is 6.54 Å². The second-order valence-electron chi connectivity index (χ2n) is 4.90. The number of hydrogen-bond donors (Lipinski definition) is 1. The van der Waals surface area contributed by atoms with E-state index in [0.29, 0.717) is 5.92 Å². The fraction of sp³-hybridized carbons (Fsp3) is 0.333. The molecule has 0 fully saturated rings. The summed E-state index contributed by atoms with van der Waals surface area (Å²) in [5, 5.41) is 3.00. The molecular formula is C15H19ClNO+. The van der Waals surface area contributed by atoms with Crippen molar-refractivity contribution in [3.05, 3.63) is 47.2 Å². The van der Waals surface area contributed by atoms with Crippen LogP contribution >= 0.6 is 11.6 Å². The molecule has 2 nitrogen and oxygen atoms in total. The molecule has 3 heteroatoms. The Morgan fingerprint density at radius 3 is 2.78 bits per heavy atom. The molecule has 0 unspecified atom stereocenters. The number of rotatable bonds is 5. The Labute approximate surface area is 113 Å². The highest BCUT2D eigenvalue weighted by Gasteiger charge is 2.06. The second-order valence-corrected chi connectivity index (χ2v) is 5.34. The van der Waals surface area contributed by atoms with Crippen LogP contribution in [0.1, 0.15) is 19.6 Å². The first-order valence-corrected chi connectivity index (χ1v) is 6.69. The lowest BCUT2D eigenvalue weighted by atomic mass is 10.2. The molecule has 0 saturated carbocycles. The molecule has 0 amide bonds. The maximum Gasteiger partial charge on any atom is 0.158 e. The van der Waals surface area contributed by atoms with Crippen LogP contribution in [0, 0.1) is 5.92 Å². The molecule has 0 atom stereocenters. The second kappa shape index (κ2) is 6.07. The van der Waals surface area contributed by atoms with Crippen molar-refractivity contribution in [2.24, 2.45) is 5.92 Å². The van der Waals surface area contributed by atoms with Crippen molar-refractivity contribution in [2.45, 2.75) is 20.4 Å². The Hall–Kier alpha value is -1.25. The molecule has 96 valence electrons. The number of quaternary nitrogens is 1. The van der Waals surface area contributed by atoms with E-state index < -0.39 is 0 Å². The predicted molar refractivity (Wildman–Crippen MR) is 74.5 cm³/mol. The van der Waals surface area contributed by atoms with Crippen molar-refractivity contribution in [3.63, 3.8) is 0 Å². The van der Waals surface area contributed by atoms with Gasteiger partial charge in [0.2, 0.25) is 0 Å². The van der Waals surface area contributed by atoms with Gasteiger partial charge in [-0.2, -0.15) is 0 Å². The number of benzene rings is 1. The minimum absolute atomic E-state index is 0.701. The van der Waals surface area contributed by atoms with E-state index in [-0.39, 0.29) is 0 Å². The van der Waals surface area contributed by atoms with Crippen LogP contribution in [0.15, 0.2) is 40.8 Å². The summed E-state index contributed by atoms with van der Waals surface area (Å²) in [6.45, 7) is 6.44.